The third-order valence-electron chi connectivity index (χ3n) is 2.27. The van der Waals surface area contributed by atoms with Gasteiger partial charge in [-0.2, -0.15) is 0 Å². The molecule has 1 aliphatic heterocycles. The molecule has 1 fully saturated rings. The molecule has 0 spiro atoms. The van der Waals surface area contributed by atoms with Gasteiger partial charge >= 0.3 is 0 Å². The summed E-state index contributed by atoms with van der Waals surface area (Å²) in [6, 6.07) is 0. The molecule has 88 valence electrons. The highest BCUT2D eigenvalue weighted by Crippen LogP contribution is 2.10. The fourth-order valence-electron chi connectivity index (χ4n) is 1.41. The summed E-state index contributed by atoms with van der Waals surface area (Å²) < 4.78 is 22.5. The lowest BCUT2D eigenvalue weighted by Gasteiger charge is -2.30. The molecule has 4 nitrogen and oxygen atoms in total. The van der Waals surface area contributed by atoms with Gasteiger partial charge in [0.05, 0.1) is 11.0 Å². The van der Waals surface area contributed by atoms with Crippen molar-refractivity contribution in [2.24, 2.45) is 5.73 Å². The van der Waals surface area contributed by atoms with Gasteiger partial charge in [-0.25, -0.2) is 8.42 Å². The van der Waals surface area contributed by atoms with E-state index in [0.717, 1.165) is 6.54 Å². The van der Waals surface area contributed by atoms with Crippen LogP contribution >= 0.6 is 24.8 Å². The van der Waals surface area contributed by atoms with Crippen molar-refractivity contribution in [1.29, 1.82) is 0 Å². The van der Waals surface area contributed by atoms with Gasteiger partial charge in [0, 0.05) is 26.2 Å². The van der Waals surface area contributed by atoms with Gasteiger partial charge in [0.25, 0.3) is 0 Å². The Labute approximate surface area is 98.0 Å². The molecule has 1 aliphatic rings. The SMILES string of the molecule is C[C@@H]1CN(CCN)CCS1(=O)=O.Cl.Cl. The molecule has 0 aromatic rings. The molecule has 0 aliphatic carbocycles. The molecule has 1 heterocycles. The topological polar surface area (TPSA) is 63.4 Å². The van der Waals surface area contributed by atoms with Gasteiger partial charge in [0.2, 0.25) is 0 Å². The second kappa shape index (κ2) is 6.85. The monoisotopic (exact) mass is 264 g/mol. The largest absolute Gasteiger partial charge is 0.329 e. The normalized spacial score (nSPS) is 26.0. The second-order valence-electron chi connectivity index (χ2n) is 3.27. The maximum absolute atomic E-state index is 11.3. The van der Waals surface area contributed by atoms with E-state index in [4.69, 9.17) is 5.73 Å². The van der Waals surface area contributed by atoms with E-state index in [-0.39, 0.29) is 35.8 Å². The van der Waals surface area contributed by atoms with Crippen LogP contribution in [0.1, 0.15) is 6.92 Å². The quantitative estimate of drug-likeness (QED) is 0.757. The predicted octanol–water partition coefficient (Wildman–Crippen LogP) is -0.0924. The van der Waals surface area contributed by atoms with Gasteiger partial charge in [0.1, 0.15) is 0 Å². The highest BCUT2D eigenvalue weighted by atomic mass is 35.5. The Kier molecular flexibility index (Phi) is 8.25. The highest BCUT2D eigenvalue weighted by Gasteiger charge is 2.28. The van der Waals surface area contributed by atoms with Crippen LogP contribution in [-0.4, -0.2) is 50.5 Å². The van der Waals surface area contributed by atoms with Crippen molar-refractivity contribution in [3.05, 3.63) is 0 Å². The fraction of sp³-hybridized carbons (Fsp3) is 1.00. The van der Waals surface area contributed by atoms with Crippen molar-refractivity contribution < 1.29 is 8.42 Å². The molecular weight excluding hydrogens is 247 g/mol. The summed E-state index contributed by atoms with van der Waals surface area (Å²) in [5, 5.41) is -0.224. The summed E-state index contributed by atoms with van der Waals surface area (Å²) in [5.74, 6) is 0.286. The number of nitrogens with two attached hydrogens (primary N) is 1. The molecule has 1 saturated heterocycles. The molecule has 0 amide bonds. The van der Waals surface area contributed by atoms with E-state index >= 15 is 0 Å². The van der Waals surface area contributed by atoms with Gasteiger partial charge in [-0.1, -0.05) is 0 Å². The predicted molar refractivity (Wildman–Crippen MR) is 63.2 cm³/mol. The zero-order valence-electron chi connectivity index (χ0n) is 8.18. The van der Waals surface area contributed by atoms with Crippen molar-refractivity contribution in [3.8, 4) is 0 Å². The molecule has 0 saturated carbocycles. The van der Waals surface area contributed by atoms with Crippen LogP contribution < -0.4 is 5.73 Å². The highest BCUT2D eigenvalue weighted by molar-refractivity contribution is 7.92. The average molecular weight is 265 g/mol. The Morgan fingerprint density at radius 3 is 2.43 bits per heavy atom. The van der Waals surface area contributed by atoms with Crippen LogP contribution in [0.25, 0.3) is 0 Å². The molecule has 7 heteroatoms. The zero-order chi connectivity index (χ0) is 9.19. The van der Waals surface area contributed by atoms with Gasteiger partial charge in [0.15, 0.2) is 9.84 Å². The number of nitrogens with zero attached hydrogens (tertiary/aromatic N) is 1. The summed E-state index contributed by atoms with van der Waals surface area (Å²) >= 11 is 0. The van der Waals surface area contributed by atoms with Crippen molar-refractivity contribution in [3.63, 3.8) is 0 Å². The standard InChI is InChI=1S/C7H16N2O2S.2ClH/c1-7-6-9(3-2-8)4-5-12(7,10)11;;/h7H,2-6,8H2,1H3;2*1H/t7-;;/m1../s1. The van der Waals surface area contributed by atoms with Crippen LogP contribution in [0.3, 0.4) is 0 Å². The van der Waals surface area contributed by atoms with Crippen molar-refractivity contribution >= 4 is 34.7 Å². The third kappa shape index (κ3) is 4.31. The number of rotatable bonds is 2. The molecule has 2 N–H and O–H groups in total. The Morgan fingerprint density at radius 1 is 1.43 bits per heavy atom. The molecule has 1 rings (SSSR count). The summed E-state index contributed by atoms with van der Waals surface area (Å²) in [5.41, 5.74) is 5.38. The summed E-state index contributed by atoms with van der Waals surface area (Å²) in [4.78, 5) is 2.10. The van der Waals surface area contributed by atoms with Crippen LogP contribution in [0.4, 0.5) is 0 Å². The van der Waals surface area contributed by atoms with E-state index in [0.29, 0.717) is 19.6 Å². The van der Waals surface area contributed by atoms with Crippen LogP contribution in [0.2, 0.25) is 0 Å². The minimum absolute atomic E-state index is 0. The Balaban J connectivity index is 0. The van der Waals surface area contributed by atoms with E-state index < -0.39 is 9.84 Å². The lowest BCUT2D eigenvalue weighted by Crippen LogP contribution is -2.46. The minimum Gasteiger partial charge on any atom is -0.329 e. The second-order valence-corrected chi connectivity index (χ2v) is 5.81. The van der Waals surface area contributed by atoms with Gasteiger partial charge in [-0.15, -0.1) is 24.8 Å². The number of sulfone groups is 1. The Hall–Kier alpha value is 0.450. The lowest BCUT2D eigenvalue weighted by atomic mass is 10.4. The first-order chi connectivity index (χ1) is 5.56. The summed E-state index contributed by atoms with van der Waals surface area (Å²) in [6.45, 7) is 4.45. The zero-order valence-corrected chi connectivity index (χ0v) is 10.6. The van der Waals surface area contributed by atoms with Crippen molar-refractivity contribution in [2.45, 2.75) is 12.2 Å². The van der Waals surface area contributed by atoms with Crippen molar-refractivity contribution in [1.82, 2.24) is 4.90 Å². The van der Waals surface area contributed by atoms with E-state index in [9.17, 15) is 8.42 Å². The lowest BCUT2D eigenvalue weighted by molar-refractivity contribution is 0.285. The first-order valence-corrected chi connectivity index (χ1v) is 5.92. The number of hydrogen-bond donors (Lipinski definition) is 1. The number of hydrogen-bond acceptors (Lipinski definition) is 4. The fourth-order valence-corrected chi connectivity index (χ4v) is 2.76. The first kappa shape index (κ1) is 16.9. The van der Waals surface area contributed by atoms with Crippen LogP contribution in [0.15, 0.2) is 0 Å². The molecule has 0 aromatic heterocycles. The summed E-state index contributed by atoms with van der Waals surface area (Å²) in [6.07, 6.45) is 0. The van der Waals surface area contributed by atoms with Crippen LogP contribution in [0, 0.1) is 0 Å². The van der Waals surface area contributed by atoms with E-state index in [1.54, 1.807) is 6.92 Å². The van der Waals surface area contributed by atoms with Gasteiger partial charge < -0.3 is 5.73 Å². The maximum Gasteiger partial charge on any atom is 0.155 e. The summed E-state index contributed by atoms with van der Waals surface area (Å²) in [7, 11) is -2.80. The first-order valence-electron chi connectivity index (χ1n) is 4.20. The van der Waals surface area contributed by atoms with E-state index in [2.05, 4.69) is 4.90 Å². The molecule has 0 unspecified atom stereocenters. The Morgan fingerprint density at radius 2 is 2.00 bits per heavy atom. The van der Waals surface area contributed by atoms with Gasteiger partial charge in [-0.3, -0.25) is 4.90 Å². The van der Waals surface area contributed by atoms with Crippen molar-refractivity contribution in [2.75, 3.05) is 31.9 Å². The van der Waals surface area contributed by atoms with E-state index in [1.165, 1.54) is 0 Å². The molecular formula is C7H18Cl2N2O2S. The molecule has 0 aromatic carbocycles. The van der Waals surface area contributed by atoms with Crippen LogP contribution in [0.5, 0.6) is 0 Å². The van der Waals surface area contributed by atoms with Crippen LogP contribution in [-0.2, 0) is 9.84 Å². The van der Waals surface area contributed by atoms with E-state index in [1.807, 2.05) is 0 Å². The molecule has 1 atom stereocenters. The smallest absolute Gasteiger partial charge is 0.155 e. The maximum atomic E-state index is 11.3. The molecule has 14 heavy (non-hydrogen) atoms. The average Bonchev–Trinajstić information content (AvgIpc) is 1.98. The third-order valence-corrected chi connectivity index (χ3v) is 4.39. The Bertz CT molecular complexity index is 246. The molecule has 0 radical (unpaired) electrons. The molecule has 0 bridgehead atoms. The number of halogens is 2. The minimum atomic E-state index is -2.80. The van der Waals surface area contributed by atoms with Gasteiger partial charge in [-0.05, 0) is 6.92 Å².